The summed E-state index contributed by atoms with van der Waals surface area (Å²) in [5, 5.41) is 58.8. The Kier molecular flexibility index (Phi) is 39.7. The minimum absolute atomic E-state index is 0.0635. The summed E-state index contributed by atoms with van der Waals surface area (Å²) in [4.78, 5) is 171. The van der Waals surface area contributed by atoms with E-state index in [1.54, 1.807) is 57.2 Å². The van der Waals surface area contributed by atoms with Crippen LogP contribution in [-0.2, 0) is 74.0 Å². The number of carbonyl (C=O) groups excluding carboxylic acids is 10. The van der Waals surface area contributed by atoms with Crippen LogP contribution in [0.25, 0.3) is 11.1 Å². The second-order valence-corrected chi connectivity index (χ2v) is 31.6. The fraction of sp³-hybridized carbons (Fsp3) is 0.250. The van der Waals surface area contributed by atoms with Gasteiger partial charge in [-0.2, -0.15) is 19.0 Å². The van der Waals surface area contributed by atoms with E-state index >= 15 is 0 Å². The van der Waals surface area contributed by atoms with Gasteiger partial charge in [0.05, 0.1) is 50.8 Å². The van der Waals surface area contributed by atoms with Gasteiger partial charge in [0.2, 0.25) is 58.3 Å². The molecular weight excluding hydrogens is 1910 g/mol. The van der Waals surface area contributed by atoms with E-state index in [0.717, 1.165) is 74.8 Å². The molecule has 4 heterocycles. The van der Waals surface area contributed by atoms with E-state index in [1.165, 1.54) is 51.1 Å². The largest absolute Gasteiger partial charge is 0.451 e. The summed E-state index contributed by atoms with van der Waals surface area (Å²) in [6.45, 7) is 6.53. The Hall–Kier alpha value is -18.3. The molecule has 2 fully saturated rings. The number of alkyl carbamates (subject to hydrolysis) is 3. The number of benzene rings is 9. The van der Waals surface area contributed by atoms with Crippen molar-refractivity contribution in [2.75, 3.05) is 46.4 Å². The molecule has 0 atom stereocenters. The van der Waals surface area contributed by atoms with Gasteiger partial charge in [-0.3, -0.25) is 65.5 Å². The number of esters is 3. The molecule has 3 aliphatic rings. The molecule has 0 saturated carbocycles. The second kappa shape index (κ2) is 53.0. The predicted octanol–water partition coefficient (Wildman–Crippen LogP) is 17.2. The van der Waals surface area contributed by atoms with Crippen LogP contribution in [0.2, 0.25) is 0 Å². The van der Waals surface area contributed by atoms with Gasteiger partial charge in [0.25, 0.3) is 11.4 Å². The number of aliphatic imine (C=N–C) groups is 2. The number of nitrogens with one attached hydrogen (secondary N) is 3. The fourth-order valence-corrected chi connectivity index (χ4v) is 13.5. The van der Waals surface area contributed by atoms with Crippen molar-refractivity contribution in [1.82, 2.24) is 45.3 Å². The number of hydrogen-bond acceptors (Lipinski definition) is 30. The Bertz CT molecular complexity index is 6360. The molecule has 1 aliphatic carbocycles. The second-order valence-electron chi connectivity index (χ2n) is 31.6. The van der Waals surface area contributed by atoms with Crippen LogP contribution < -0.4 is 30.2 Å². The first-order valence-electron chi connectivity index (χ1n) is 43.5. The average Bonchev–Trinajstić information content (AvgIpc) is 1.62. The Morgan fingerprint density at radius 3 is 1.22 bits per heavy atom. The van der Waals surface area contributed by atoms with Crippen LogP contribution in [0.1, 0.15) is 98.6 Å². The van der Waals surface area contributed by atoms with Crippen molar-refractivity contribution in [3.05, 3.63) is 346 Å². The zero-order valence-corrected chi connectivity index (χ0v) is 76.8. The number of non-ortho nitro benzene ring substituents is 2. The normalized spacial score (nSPS) is 12.7. The van der Waals surface area contributed by atoms with E-state index in [0.29, 0.717) is 18.9 Å². The number of nitro benzene ring substituents is 4. The highest BCUT2D eigenvalue weighted by Crippen LogP contribution is 2.45. The molecule has 14 rings (SSSR count). The number of amides is 7. The average molecular weight is 2000 g/mol. The molecule has 11 aromatic rings. The van der Waals surface area contributed by atoms with Crippen LogP contribution in [0, 0.1) is 81.4 Å². The minimum atomic E-state index is -2.34. The molecular formula is C96H90F5N15O28. The molecule has 48 heteroatoms. The number of piperidine rings is 2. The van der Waals surface area contributed by atoms with Crippen molar-refractivity contribution < 1.29 is 137 Å². The maximum atomic E-state index is 13.7. The van der Waals surface area contributed by atoms with Crippen molar-refractivity contribution in [2.45, 2.75) is 97.2 Å². The highest BCUT2D eigenvalue weighted by Gasteiger charge is 2.37. The lowest BCUT2D eigenvalue weighted by molar-refractivity contribution is -0.394. The van der Waals surface area contributed by atoms with Gasteiger partial charge in [0, 0.05) is 82.0 Å². The van der Waals surface area contributed by atoms with Crippen LogP contribution in [0.3, 0.4) is 0 Å². The van der Waals surface area contributed by atoms with Crippen molar-refractivity contribution in [3.63, 3.8) is 0 Å². The molecule has 7 amide bonds. The Morgan fingerprint density at radius 1 is 0.438 bits per heavy atom. The highest BCUT2D eigenvalue weighted by atomic mass is 19.2. The lowest BCUT2D eigenvalue weighted by atomic mass is 9.97. The quantitative estimate of drug-likeness (QED) is 0.00457. The zero-order valence-electron chi connectivity index (χ0n) is 76.8. The number of fused-ring (bicyclic) bond motifs is 3. The van der Waals surface area contributed by atoms with E-state index in [4.69, 9.17) is 37.9 Å². The number of rotatable bonds is 23. The van der Waals surface area contributed by atoms with Gasteiger partial charge < -0.3 is 62.5 Å². The topological polar surface area (TPSA) is 538 Å². The van der Waals surface area contributed by atoms with Crippen molar-refractivity contribution in [3.8, 4) is 28.4 Å². The lowest BCUT2D eigenvalue weighted by Crippen LogP contribution is -2.41. The van der Waals surface area contributed by atoms with Crippen LogP contribution in [0.15, 0.2) is 253 Å². The molecule has 43 nitrogen and oxygen atoms in total. The van der Waals surface area contributed by atoms with E-state index in [9.17, 15) is 110 Å². The van der Waals surface area contributed by atoms with Gasteiger partial charge >= 0.3 is 71.9 Å². The summed E-state index contributed by atoms with van der Waals surface area (Å²) in [6, 6.07) is 61.5. The summed E-state index contributed by atoms with van der Waals surface area (Å²) >= 11 is 0. The van der Waals surface area contributed by atoms with E-state index in [2.05, 4.69) is 57.7 Å². The number of hydrogen-bond donors (Lipinski definition) is 3. The lowest BCUT2D eigenvalue weighted by Gasteiger charge is -2.30. The number of nitrogens with zero attached hydrogens (tertiary/aromatic N) is 12. The summed E-state index contributed by atoms with van der Waals surface area (Å²) < 4.78 is 119. The van der Waals surface area contributed by atoms with Gasteiger partial charge in [-0.1, -0.05) is 170 Å². The first-order valence-corrected chi connectivity index (χ1v) is 43.5. The number of likely N-dealkylation sites (tertiary alicyclic amines) is 2. The van der Waals surface area contributed by atoms with Crippen LogP contribution in [0.4, 0.5) is 78.3 Å². The monoisotopic (exact) mass is 2000 g/mol. The molecule has 0 spiro atoms. The zero-order chi connectivity index (χ0) is 104. The summed E-state index contributed by atoms with van der Waals surface area (Å²) in [5.74, 6) is -17.9. The Labute approximate surface area is 814 Å². The van der Waals surface area contributed by atoms with Gasteiger partial charge in [0.1, 0.15) is 38.6 Å². The molecule has 0 unspecified atom stereocenters. The Morgan fingerprint density at radius 2 is 0.819 bits per heavy atom. The van der Waals surface area contributed by atoms with Gasteiger partial charge in [0.15, 0.2) is 0 Å². The maximum Gasteiger partial charge on any atom is 0.437 e. The van der Waals surface area contributed by atoms with Crippen LogP contribution >= 0.6 is 0 Å². The van der Waals surface area contributed by atoms with Crippen molar-refractivity contribution >= 4 is 95.2 Å². The summed E-state index contributed by atoms with van der Waals surface area (Å²) in [5.41, 5.74) is 4.86. The molecule has 144 heavy (non-hydrogen) atoms. The standard InChI is InChI=1S/C21H18N4O4.C20H16F5NO4.C20H18N4O4.C20H19N3O8.C15H19N3O8/c1-28-20(26)23-19(25-12-6-11-22-25)24-21(27)29-13-18-16-9-4-2-7-14(16)15-8-3-5-10-17(15)18;21-13-14(22)16(24)18(17(25)15(13)23)30-19(27)12-6-8-26(9-7-12)20(28)29-10-11-4-2-1-3-5-11;25-19(27-14-16-8-3-1-4-9-16)22-18(24-13-7-12-21-24)23-20(26)28-15-17-10-5-2-6-11-17;24-19(31-18-7-6-16(22(26)27)12-17(18)23(28)29)15-8-10-21(11-9-15)20(25)30-13-14-4-2-1-3-5-14;1-15(2,3)26-14(20)16-8-4-5-13(19)25-12-7-6-10(17(21)22)9-11(12)18(23)24/h2-12,18H,13H2,1H3,(H,23,24,26,27);1-5,12H,6-10H2;1-13H,14-15H2,(H,22,23,25,26);1-7,12,15H,8-11,13H2;6-7,9H,4-5,8H2,1-3H3,(H,16,20). The third kappa shape index (κ3) is 32.7. The fourth-order valence-electron chi connectivity index (χ4n) is 13.5. The molecule has 0 radical (unpaired) electrons. The van der Waals surface area contributed by atoms with Gasteiger partial charge in [-0.25, -0.2) is 56.1 Å². The predicted molar refractivity (Wildman–Crippen MR) is 495 cm³/mol. The maximum absolute atomic E-state index is 13.7. The molecule has 2 aromatic heterocycles. The molecule has 3 N–H and O–H groups in total. The molecule has 9 aromatic carbocycles. The summed E-state index contributed by atoms with van der Waals surface area (Å²) in [6.07, 6.45) is 1.96. The summed E-state index contributed by atoms with van der Waals surface area (Å²) in [7, 11) is 1.19. The number of methoxy groups -OCH3 is 1. The number of aromatic nitrogens is 4. The smallest absolute Gasteiger partial charge is 0.437 e. The third-order valence-electron chi connectivity index (χ3n) is 20.5. The first-order chi connectivity index (χ1) is 69.0. The number of carbonyl (C=O) groups is 10. The third-order valence-corrected chi connectivity index (χ3v) is 20.5. The molecule has 0 bridgehead atoms. The van der Waals surface area contributed by atoms with E-state index in [1.807, 2.05) is 133 Å². The number of nitro groups is 4. The van der Waals surface area contributed by atoms with Crippen molar-refractivity contribution in [1.29, 1.82) is 0 Å². The molecule has 2 aliphatic heterocycles. The van der Waals surface area contributed by atoms with Crippen LogP contribution in [0.5, 0.6) is 17.2 Å². The van der Waals surface area contributed by atoms with Crippen LogP contribution in [-0.4, -0.2) is 174 Å². The van der Waals surface area contributed by atoms with Crippen molar-refractivity contribution in [2.24, 2.45) is 21.8 Å². The minimum Gasteiger partial charge on any atom is -0.451 e. The number of halogens is 5. The highest BCUT2D eigenvalue weighted by molar-refractivity contribution is 6.00. The van der Waals surface area contributed by atoms with E-state index in [-0.39, 0.29) is 121 Å². The Balaban J connectivity index is 0.000000185. The van der Waals surface area contributed by atoms with Gasteiger partial charge in [-0.15, -0.1) is 9.98 Å². The molecule has 752 valence electrons. The SMILES string of the molecule is CC(C)(C)OC(=O)NCCCC(=O)Oc1ccc([N+](=O)[O-])cc1[N+](=O)[O-].COC(=O)N=C(NC(=O)OCC1c2ccccc2-c2ccccc21)n1cccn1.O=C(N=C(NC(=O)OCc1ccccc1)n1cccn1)OCc1ccccc1.O=C(Oc1c(F)c(F)c(F)c(F)c1F)C1CCN(C(=O)OCc2ccccc2)CC1.O=C(Oc1ccc([N+](=O)[O-])cc1[N+](=O)[O-])C1CCN(C(=O)OCc2ccccc2)CC1. The molecule has 2 saturated heterocycles. The van der Waals surface area contributed by atoms with Gasteiger partial charge in [-0.05, 0) is 122 Å². The van der Waals surface area contributed by atoms with E-state index < -0.39 is 155 Å². The number of ether oxygens (including phenoxy) is 10. The first kappa shape index (κ1) is 108.